The molecular formula is C18H23N3OS. The van der Waals surface area contributed by atoms with Crippen molar-refractivity contribution in [1.82, 2.24) is 15.1 Å². The molecule has 0 aromatic rings. The third kappa shape index (κ3) is 1.69. The van der Waals surface area contributed by atoms with Gasteiger partial charge in [-0.3, -0.25) is 0 Å². The van der Waals surface area contributed by atoms with Gasteiger partial charge in [-0.1, -0.05) is 12.5 Å². The number of hydrogen-bond donors (Lipinski definition) is 1. The Kier molecular flexibility index (Phi) is 2.74. The van der Waals surface area contributed by atoms with Gasteiger partial charge in [0.1, 0.15) is 5.76 Å². The topological polar surface area (TPSA) is 27.7 Å². The van der Waals surface area contributed by atoms with Gasteiger partial charge in [-0.25, -0.2) is 0 Å². The fourth-order valence-electron chi connectivity index (χ4n) is 5.07. The van der Waals surface area contributed by atoms with Gasteiger partial charge in [0.05, 0.1) is 17.7 Å². The molecule has 0 bridgehead atoms. The number of ether oxygens (including phenoxy) is 1. The molecule has 122 valence electrons. The lowest BCUT2D eigenvalue weighted by atomic mass is 9.65. The van der Waals surface area contributed by atoms with E-state index in [2.05, 4.69) is 40.6 Å². The largest absolute Gasteiger partial charge is 0.468 e. The fourth-order valence-corrected chi connectivity index (χ4v) is 5.31. The number of hydrogen-bond acceptors (Lipinski definition) is 3. The summed E-state index contributed by atoms with van der Waals surface area (Å²) < 4.78 is 6.77. The summed E-state index contributed by atoms with van der Waals surface area (Å²) in [7, 11) is 2.08. The molecule has 1 N–H and O–H groups in total. The summed E-state index contributed by atoms with van der Waals surface area (Å²) in [6.07, 6.45) is 15.1. The predicted octanol–water partition coefficient (Wildman–Crippen LogP) is 3.20. The maximum atomic E-state index is 6.77. The Hall–Kier alpha value is -1.49. The van der Waals surface area contributed by atoms with Gasteiger partial charge in [0.25, 0.3) is 0 Å². The van der Waals surface area contributed by atoms with Crippen LogP contribution in [0.3, 0.4) is 0 Å². The van der Waals surface area contributed by atoms with E-state index in [0.717, 1.165) is 30.9 Å². The average Bonchev–Trinajstić information content (AvgIpc) is 3.05. The van der Waals surface area contributed by atoms with Crippen molar-refractivity contribution in [3.05, 3.63) is 35.5 Å². The van der Waals surface area contributed by atoms with E-state index in [1.165, 1.54) is 37.1 Å². The summed E-state index contributed by atoms with van der Waals surface area (Å²) in [5.74, 6) is 1.25. The normalized spacial score (nSPS) is 38.1. The van der Waals surface area contributed by atoms with Crippen molar-refractivity contribution in [2.24, 2.45) is 5.41 Å². The Bertz CT molecular complexity index is 682. The van der Waals surface area contributed by atoms with Gasteiger partial charge < -0.3 is 19.9 Å². The minimum absolute atomic E-state index is 0.116. The molecule has 5 rings (SSSR count). The molecule has 0 aromatic heterocycles. The molecule has 2 unspecified atom stereocenters. The second kappa shape index (κ2) is 4.53. The zero-order valence-corrected chi connectivity index (χ0v) is 14.4. The highest BCUT2D eigenvalue weighted by Crippen LogP contribution is 2.62. The molecule has 4 aliphatic heterocycles. The van der Waals surface area contributed by atoms with Crippen molar-refractivity contribution in [2.45, 2.75) is 50.7 Å². The number of likely N-dealkylation sites (N-methyl/N-ethyl adjacent to an activating group) is 1. The third-order valence-electron chi connectivity index (χ3n) is 6.33. The van der Waals surface area contributed by atoms with Crippen molar-refractivity contribution in [2.75, 3.05) is 13.6 Å². The first-order chi connectivity index (χ1) is 11.1. The third-order valence-corrected chi connectivity index (χ3v) is 6.75. The molecule has 1 aliphatic carbocycles. The second-order valence-electron chi connectivity index (χ2n) is 7.49. The molecule has 1 saturated carbocycles. The zero-order valence-electron chi connectivity index (χ0n) is 13.6. The number of nitrogens with one attached hydrogen (secondary N) is 1. The molecule has 2 saturated heterocycles. The van der Waals surface area contributed by atoms with Crippen LogP contribution in [0.25, 0.3) is 0 Å². The first kappa shape index (κ1) is 13.9. The van der Waals surface area contributed by atoms with E-state index in [4.69, 9.17) is 17.0 Å². The SMILES string of the molecule is CN1C(=S)NCC12CC13CCCCC1=CN1C=CCCC1=C3O2. The molecular weight excluding hydrogens is 306 g/mol. The van der Waals surface area contributed by atoms with Crippen LogP contribution in [-0.2, 0) is 4.74 Å². The van der Waals surface area contributed by atoms with E-state index in [1.54, 1.807) is 5.57 Å². The number of thiocarbonyl (C=S) groups is 1. The first-order valence-corrected chi connectivity index (χ1v) is 9.16. The number of rotatable bonds is 0. The lowest BCUT2D eigenvalue weighted by molar-refractivity contribution is -0.0322. The lowest BCUT2D eigenvalue weighted by Crippen LogP contribution is -2.45. The number of allylic oxidation sites excluding steroid dienone is 3. The van der Waals surface area contributed by atoms with Gasteiger partial charge in [0.2, 0.25) is 5.72 Å². The minimum Gasteiger partial charge on any atom is -0.468 e. The molecule has 0 aromatic carbocycles. The molecule has 2 atom stereocenters. The molecule has 23 heavy (non-hydrogen) atoms. The standard InChI is InChI=1S/C18H23N3OS/c1-20-16(23)19-12-18(20)11-17-8-4-2-6-13(17)10-21-9-5-3-7-14(21)15(17)22-18/h5,9-10H,2-4,6-8,11-12H2,1H3,(H,19,23). The molecule has 4 nitrogen and oxygen atoms in total. The highest BCUT2D eigenvalue weighted by Gasteiger charge is 2.62. The molecule has 4 heterocycles. The number of nitrogens with zero attached hydrogens (tertiary/aromatic N) is 2. The van der Waals surface area contributed by atoms with Crippen LogP contribution in [0.5, 0.6) is 0 Å². The Labute approximate surface area is 142 Å². The molecule has 2 spiro atoms. The van der Waals surface area contributed by atoms with Crippen LogP contribution in [0.1, 0.15) is 44.9 Å². The van der Waals surface area contributed by atoms with Crippen LogP contribution in [0, 0.1) is 5.41 Å². The van der Waals surface area contributed by atoms with E-state index in [1.807, 2.05) is 0 Å². The molecule has 5 heteroatoms. The first-order valence-electron chi connectivity index (χ1n) is 8.75. The van der Waals surface area contributed by atoms with Gasteiger partial charge in [-0.05, 0) is 49.9 Å². The highest BCUT2D eigenvalue weighted by atomic mass is 32.1. The molecule has 3 fully saturated rings. The van der Waals surface area contributed by atoms with Gasteiger partial charge in [-0.2, -0.15) is 0 Å². The van der Waals surface area contributed by atoms with Crippen molar-refractivity contribution >= 4 is 17.3 Å². The second-order valence-corrected chi connectivity index (χ2v) is 7.88. The average molecular weight is 329 g/mol. The van der Waals surface area contributed by atoms with E-state index >= 15 is 0 Å². The summed E-state index contributed by atoms with van der Waals surface area (Å²) in [4.78, 5) is 4.47. The van der Waals surface area contributed by atoms with E-state index in [9.17, 15) is 0 Å². The van der Waals surface area contributed by atoms with Crippen LogP contribution in [0.15, 0.2) is 35.5 Å². The van der Waals surface area contributed by atoms with Crippen LogP contribution in [0.4, 0.5) is 0 Å². The summed E-state index contributed by atoms with van der Waals surface area (Å²) >= 11 is 5.46. The highest BCUT2D eigenvalue weighted by molar-refractivity contribution is 7.80. The maximum Gasteiger partial charge on any atom is 0.202 e. The summed E-state index contributed by atoms with van der Waals surface area (Å²) in [6, 6.07) is 0. The van der Waals surface area contributed by atoms with E-state index < -0.39 is 0 Å². The van der Waals surface area contributed by atoms with Crippen molar-refractivity contribution in [3.8, 4) is 0 Å². The van der Waals surface area contributed by atoms with Gasteiger partial charge in [-0.15, -0.1) is 0 Å². The molecule has 0 radical (unpaired) electrons. The van der Waals surface area contributed by atoms with Crippen molar-refractivity contribution < 1.29 is 4.74 Å². The monoisotopic (exact) mass is 329 g/mol. The van der Waals surface area contributed by atoms with Gasteiger partial charge in [0.15, 0.2) is 5.11 Å². The van der Waals surface area contributed by atoms with E-state index in [0.29, 0.717) is 0 Å². The molecule has 0 amide bonds. The van der Waals surface area contributed by atoms with Crippen LogP contribution < -0.4 is 5.32 Å². The van der Waals surface area contributed by atoms with Crippen molar-refractivity contribution in [3.63, 3.8) is 0 Å². The fraction of sp³-hybridized carbons (Fsp3) is 0.611. The van der Waals surface area contributed by atoms with Crippen LogP contribution in [-0.4, -0.2) is 34.2 Å². The van der Waals surface area contributed by atoms with E-state index in [-0.39, 0.29) is 11.1 Å². The summed E-state index contributed by atoms with van der Waals surface area (Å²) in [6.45, 7) is 0.796. The van der Waals surface area contributed by atoms with Crippen molar-refractivity contribution in [1.29, 1.82) is 0 Å². The smallest absolute Gasteiger partial charge is 0.202 e. The Morgan fingerprint density at radius 1 is 1.30 bits per heavy atom. The quantitative estimate of drug-likeness (QED) is 0.689. The Balaban J connectivity index is 1.67. The van der Waals surface area contributed by atoms with Crippen LogP contribution in [0.2, 0.25) is 0 Å². The summed E-state index contributed by atoms with van der Waals surface area (Å²) in [5, 5.41) is 4.15. The molecule has 5 aliphatic rings. The van der Waals surface area contributed by atoms with Crippen LogP contribution >= 0.6 is 12.2 Å². The lowest BCUT2D eigenvalue weighted by Gasteiger charge is -2.42. The number of fused-ring (bicyclic) bond motifs is 1. The Morgan fingerprint density at radius 2 is 2.22 bits per heavy atom. The predicted molar refractivity (Wildman–Crippen MR) is 93.0 cm³/mol. The minimum atomic E-state index is -0.299. The summed E-state index contributed by atoms with van der Waals surface area (Å²) in [5.41, 5.74) is 2.76. The van der Waals surface area contributed by atoms with Gasteiger partial charge in [0, 0.05) is 25.9 Å². The van der Waals surface area contributed by atoms with Gasteiger partial charge >= 0.3 is 0 Å². The maximum absolute atomic E-state index is 6.77. The Morgan fingerprint density at radius 3 is 3.04 bits per heavy atom. The zero-order chi connectivity index (χ0) is 15.7.